The van der Waals surface area contributed by atoms with Gasteiger partial charge in [0.15, 0.2) is 0 Å². The Morgan fingerprint density at radius 3 is 2.39 bits per heavy atom. The molecule has 1 unspecified atom stereocenters. The molecule has 11 heteroatoms. The van der Waals surface area contributed by atoms with Gasteiger partial charge in [-0.25, -0.2) is 22.1 Å². The molecule has 164 valence electrons. The van der Waals surface area contributed by atoms with Crippen LogP contribution in [0.15, 0.2) is 36.5 Å². The molecule has 0 aliphatic heterocycles. The van der Waals surface area contributed by atoms with E-state index in [2.05, 4.69) is 10.3 Å². The molecule has 3 aromatic rings. The molecule has 0 fully saturated rings. The lowest BCUT2D eigenvalue weighted by atomic mass is 9.95. The number of aromatic amines is 1. The molecule has 0 radical (unpaired) electrons. The first-order valence-electron chi connectivity index (χ1n) is 8.96. The second kappa shape index (κ2) is 8.08. The summed E-state index contributed by atoms with van der Waals surface area (Å²) in [5.41, 5.74) is -1.16. The molecule has 0 saturated carbocycles. The molecule has 3 rings (SSSR count). The van der Waals surface area contributed by atoms with Crippen molar-refractivity contribution in [2.75, 3.05) is 9.62 Å². The van der Waals surface area contributed by atoms with E-state index in [0.29, 0.717) is 33.0 Å². The molecule has 4 N–H and O–H groups in total. The Kier molecular flexibility index (Phi) is 5.83. The number of carboxylic acid groups (broad SMARTS) is 1. The van der Waals surface area contributed by atoms with Crippen molar-refractivity contribution >= 4 is 51.1 Å². The van der Waals surface area contributed by atoms with Crippen molar-refractivity contribution in [2.45, 2.75) is 20.8 Å². The molecule has 8 nitrogen and oxygen atoms in total. The topological polar surface area (TPSA) is 123 Å². The average Bonchev–Trinajstić information content (AvgIpc) is 3.05. The Bertz CT molecular complexity index is 1220. The summed E-state index contributed by atoms with van der Waals surface area (Å²) >= 11 is -2.80. The van der Waals surface area contributed by atoms with Crippen LogP contribution in [0.1, 0.15) is 31.1 Å². The maximum absolute atomic E-state index is 14.5. The third-order valence-corrected chi connectivity index (χ3v) is 5.19. The van der Waals surface area contributed by atoms with Crippen LogP contribution in [0.2, 0.25) is 0 Å². The molecule has 0 spiro atoms. The van der Waals surface area contributed by atoms with Crippen LogP contribution in [0.3, 0.4) is 0 Å². The van der Waals surface area contributed by atoms with Crippen molar-refractivity contribution in [3.63, 3.8) is 0 Å². The summed E-state index contributed by atoms with van der Waals surface area (Å²) in [6.45, 7) is 5.27. The summed E-state index contributed by atoms with van der Waals surface area (Å²) in [6, 6.07) is 5.33. The van der Waals surface area contributed by atoms with Gasteiger partial charge in [0.1, 0.15) is 11.6 Å². The van der Waals surface area contributed by atoms with Gasteiger partial charge in [0.25, 0.3) is 11.3 Å². The molecule has 1 aromatic heterocycles. The van der Waals surface area contributed by atoms with Crippen molar-refractivity contribution in [1.82, 2.24) is 4.98 Å². The zero-order valence-electron chi connectivity index (χ0n) is 16.7. The first kappa shape index (κ1) is 22.4. The summed E-state index contributed by atoms with van der Waals surface area (Å²) in [7, 11) is 0. The molecule has 0 aliphatic carbocycles. The van der Waals surface area contributed by atoms with Gasteiger partial charge in [0, 0.05) is 28.6 Å². The molecule has 0 saturated heterocycles. The van der Waals surface area contributed by atoms with Gasteiger partial charge in [-0.1, -0.05) is 20.8 Å². The van der Waals surface area contributed by atoms with E-state index in [1.807, 2.05) is 0 Å². The van der Waals surface area contributed by atoms with Crippen LogP contribution in [0.25, 0.3) is 10.9 Å². The number of nitrogens with zero attached hydrogens (tertiary/aromatic N) is 1. The molecular weight excluding hydrogens is 432 g/mol. The monoisotopic (exact) mass is 451 g/mol. The number of amides is 1. The number of aromatic nitrogens is 1. The Hall–Kier alpha value is -3.31. The fraction of sp³-hybridized carbons (Fsp3) is 0.200. The first-order chi connectivity index (χ1) is 14.4. The van der Waals surface area contributed by atoms with Gasteiger partial charge in [-0.15, -0.1) is 0 Å². The van der Waals surface area contributed by atoms with Crippen molar-refractivity contribution in [1.29, 1.82) is 0 Å². The van der Waals surface area contributed by atoms with Gasteiger partial charge < -0.3 is 15.4 Å². The largest absolute Gasteiger partial charge is 0.478 e. The third-order valence-electron chi connectivity index (χ3n) is 4.47. The van der Waals surface area contributed by atoms with E-state index in [9.17, 15) is 27.1 Å². The SMILES string of the molecule is CC(C)(C)C(=O)Nc1c[nH]c2cc(N(c3cc(F)c(C(=O)O)cc3F)S(=O)O)ccc12. The van der Waals surface area contributed by atoms with Gasteiger partial charge in [-0.3, -0.25) is 9.35 Å². The first-order valence-corrected chi connectivity index (χ1v) is 10.0. The number of hydrogen-bond donors (Lipinski definition) is 4. The van der Waals surface area contributed by atoms with Crippen LogP contribution >= 0.6 is 0 Å². The summed E-state index contributed by atoms with van der Waals surface area (Å²) in [5.74, 6) is -4.33. The Labute approximate surface area is 178 Å². The quantitative estimate of drug-likeness (QED) is 0.428. The minimum atomic E-state index is -2.80. The normalized spacial score (nSPS) is 12.6. The van der Waals surface area contributed by atoms with Gasteiger partial charge in [-0.2, -0.15) is 0 Å². The summed E-state index contributed by atoms with van der Waals surface area (Å²) < 4.78 is 50.9. The summed E-state index contributed by atoms with van der Waals surface area (Å²) in [5, 5.41) is 12.3. The molecule has 1 amide bonds. The Balaban J connectivity index is 2.05. The van der Waals surface area contributed by atoms with Crippen LogP contribution in [0, 0.1) is 17.0 Å². The predicted molar refractivity (Wildman–Crippen MR) is 113 cm³/mol. The van der Waals surface area contributed by atoms with Crippen molar-refractivity contribution in [2.24, 2.45) is 5.41 Å². The number of carboxylic acids is 1. The zero-order chi connectivity index (χ0) is 23.1. The van der Waals surface area contributed by atoms with E-state index in [0.717, 1.165) is 0 Å². The van der Waals surface area contributed by atoms with Crippen LogP contribution in [0.5, 0.6) is 0 Å². The number of aromatic carboxylic acids is 1. The van der Waals surface area contributed by atoms with E-state index in [4.69, 9.17) is 5.11 Å². The highest BCUT2D eigenvalue weighted by Gasteiger charge is 2.25. The smallest absolute Gasteiger partial charge is 0.338 e. The number of anilines is 3. The highest BCUT2D eigenvalue weighted by molar-refractivity contribution is 7.81. The lowest BCUT2D eigenvalue weighted by Gasteiger charge is -2.21. The number of halogens is 2. The molecule has 2 aromatic carbocycles. The highest BCUT2D eigenvalue weighted by atomic mass is 32.2. The highest BCUT2D eigenvalue weighted by Crippen LogP contribution is 2.34. The standard InChI is InChI=1S/C20H19F2N3O5S/c1-20(2,3)19(28)24-16-9-23-15-6-10(4-5-11(15)16)25(31(29)30)17-8-13(21)12(18(26)27)7-14(17)22/h4-9,23H,1-3H3,(H,24,28)(H,26,27)(H,29,30). The Morgan fingerprint density at radius 2 is 1.81 bits per heavy atom. The lowest BCUT2D eigenvalue weighted by molar-refractivity contribution is -0.123. The number of rotatable bonds is 5. The number of carbonyl (C=O) groups excluding carboxylic acids is 1. The van der Waals surface area contributed by atoms with Gasteiger partial charge >= 0.3 is 5.97 Å². The zero-order valence-corrected chi connectivity index (χ0v) is 17.5. The van der Waals surface area contributed by atoms with Gasteiger partial charge in [0.05, 0.1) is 22.6 Å². The van der Waals surface area contributed by atoms with Crippen LogP contribution in [-0.2, 0) is 16.1 Å². The van der Waals surface area contributed by atoms with Crippen molar-refractivity contribution in [3.8, 4) is 0 Å². The van der Waals surface area contributed by atoms with Crippen LogP contribution in [-0.4, -0.2) is 30.7 Å². The minimum Gasteiger partial charge on any atom is -0.478 e. The number of H-pyrrole nitrogens is 1. The Morgan fingerprint density at radius 1 is 1.13 bits per heavy atom. The fourth-order valence-corrected chi connectivity index (χ4v) is 3.43. The van der Waals surface area contributed by atoms with E-state index in [-0.39, 0.29) is 11.6 Å². The van der Waals surface area contributed by atoms with Crippen molar-refractivity contribution in [3.05, 3.63) is 53.7 Å². The molecule has 1 atom stereocenters. The average molecular weight is 451 g/mol. The van der Waals surface area contributed by atoms with Crippen molar-refractivity contribution < 1.29 is 32.2 Å². The van der Waals surface area contributed by atoms with E-state index in [1.165, 1.54) is 12.1 Å². The number of hydrogen-bond acceptors (Lipinski definition) is 3. The fourth-order valence-electron chi connectivity index (χ4n) is 2.82. The number of benzene rings is 2. The van der Waals surface area contributed by atoms with E-state index >= 15 is 0 Å². The number of nitrogens with one attached hydrogen (secondary N) is 2. The molecule has 1 heterocycles. The number of fused-ring (bicyclic) bond motifs is 1. The maximum Gasteiger partial charge on any atom is 0.338 e. The minimum absolute atomic E-state index is 0.0326. The van der Waals surface area contributed by atoms with E-state index in [1.54, 1.807) is 33.0 Å². The maximum atomic E-state index is 14.5. The second-order valence-electron chi connectivity index (χ2n) is 7.75. The molecule has 31 heavy (non-hydrogen) atoms. The lowest BCUT2D eigenvalue weighted by Crippen LogP contribution is -2.27. The molecule has 0 bridgehead atoms. The second-order valence-corrected chi connectivity index (χ2v) is 8.58. The van der Waals surface area contributed by atoms with Crippen LogP contribution < -0.4 is 9.62 Å². The third kappa shape index (κ3) is 4.42. The van der Waals surface area contributed by atoms with Gasteiger partial charge in [0.2, 0.25) is 5.91 Å². The molecule has 0 aliphatic rings. The predicted octanol–water partition coefficient (Wildman–Crippen LogP) is 4.40. The molecular formula is C20H19F2N3O5S. The van der Waals surface area contributed by atoms with E-state index < -0.39 is 45.5 Å². The summed E-state index contributed by atoms with van der Waals surface area (Å²) in [6.07, 6.45) is 1.54. The summed E-state index contributed by atoms with van der Waals surface area (Å²) in [4.78, 5) is 26.1. The van der Waals surface area contributed by atoms with Gasteiger partial charge in [-0.05, 0) is 24.3 Å². The number of carbonyl (C=O) groups is 2. The van der Waals surface area contributed by atoms with Crippen LogP contribution in [0.4, 0.5) is 25.8 Å².